The fourth-order valence-electron chi connectivity index (χ4n) is 2.75. The van der Waals surface area contributed by atoms with Crippen molar-refractivity contribution in [1.29, 1.82) is 0 Å². The Bertz CT molecular complexity index is 1010. The van der Waals surface area contributed by atoms with E-state index in [1.807, 2.05) is 0 Å². The summed E-state index contributed by atoms with van der Waals surface area (Å²) in [6, 6.07) is 8.73. The second kappa shape index (κ2) is 8.39. The lowest BCUT2D eigenvalue weighted by Crippen LogP contribution is -2.45. The Balaban J connectivity index is 2.38. The van der Waals surface area contributed by atoms with E-state index < -0.39 is 33.8 Å². The Labute approximate surface area is 163 Å². The standard InChI is InChI=1S/C19H21FN2O5S/c1-12-14(19(24)27-3)8-7-10-16(12)21-18(23)13(2)22(28(4,25)26)17-11-6-5-9-15(17)20/h5-11,13H,1-4H3,(H,21,23)/t13-/m1/s1. The highest BCUT2D eigenvalue weighted by Gasteiger charge is 2.31. The summed E-state index contributed by atoms with van der Waals surface area (Å²) in [5.74, 6) is -2.01. The molecular weight excluding hydrogens is 387 g/mol. The SMILES string of the molecule is COC(=O)c1cccc(NC(=O)[C@@H](C)N(c2ccccc2F)S(C)(=O)=O)c1C. The van der Waals surface area contributed by atoms with E-state index in [0.29, 0.717) is 11.3 Å². The third-order valence-electron chi connectivity index (χ3n) is 4.18. The molecule has 28 heavy (non-hydrogen) atoms. The number of carbonyl (C=O) groups is 2. The number of anilines is 2. The number of ether oxygens (including phenoxy) is 1. The second-order valence-electron chi connectivity index (χ2n) is 6.15. The van der Waals surface area contributed by atoms with E-state index in [1.165, 1.54) is 32.2 Å². The predicted molar refractivity (Wildman–Crippen MR) is 104 cm³/mol. The summed E-state index contributed by atoms with van der Waals surface area (Å²) in [5.41, 5.74) is 0.822. The molecule has 9 heteroatoms. The number of carbonyl (C=O) groups excluding carboxylic acids is 2. The maximum Gasteiger partial charge on any atom is 0.338 e. The van der Waals surface area contributed by atoms with Gasteiger partial charge in [0.2, 0.25) is 15.9 Å². The highest BCUT2D eigenvalue weighted by molar-refractivity contribution is 7.92. The molecule has 0 aromatic heterocycles. The van der Waals surface area contributed by atoms with Gasteiger partial charge in [-0.1, -0.05) is 18.2 Å². The molecule has 0 radical (unpaired) electrons. The first-order valence-electron chi connectivity index (χ1n) is 8.30. The van der Waals surface area contributed by atoms with Crippen LogP contribution in [0.2, 0.25) is 0 Å². The van der Waals surface area contributed by atoms with Gasteiger partial charge in [-0.15, -0.1) is 0 Å². The van der Waals surface area contributed by atoms with Gasteiger partial charge in [-0.25, -0.2) is 17.6 Å². The van der Waals surface area contributed by atoms with Crippen molar-refractivity contribution in [1.82, 2.24) is 0 Å². The molecule has 0 fully saturated rings. The lowest BCUT2D eigenvalue weighted by molar-refractivity contribution is -0.116. The third kappa shape index (κ3) is 4.48. The molecule has 0 aliphatic carbocycles. The molecule has 7 nitrogen and oxygen atoms in total. The van der Waals surface area contributed by atoms with Crippen LogP contribution in [0.4, 0.5) is 15.8 Å². The Morgan fingerprint density at radius 2 is 1.79 bits per heavy atom. The molecule has 0 aliphatic rings. The zero-order chi connectivity index (χ0) is 21.1. The minimum Gasteiger partial charge on any atom is -0.465 e. The Morgan fingerprint density at radius 3 is 2.36 bits per heavy atom. The second-order valence-corrected chi connectivity index (χ2v) is 8.00. The first-order valence-corrected chi connectivity index (χ1v) is 10.2. The van der Waals surface area contributed by atoms with Crippen molar-refractivity contribution in [3.8, 4) is 0 Å². The minimum atomic E-state index is -3.95. The van der Waals surface area contributed by atoms with Crippen LogP contribution in [0, 0.1) is 12.7 Å². The molecule has 0 saturated carbocycles. The van der Waals surface area contributed by atoms with E-state index in [1.54, 1.807) is 25.1 Å². The fourth-order valence-corrected chi connectivity index (χ4v) is 3.93. The Kier molecular flexibility index (Phi) is 6.40. The monoisotopic (exact) mass is 408 g/mol. The maximum absolute atomic E-state index is 14.2. The van der Waals surface area contributed by atoms with Crippen LogP contribution >= 0.6 is 0 Å². The molecule has 2 rings (SSSR count). The predicted octanol–water partition coefficient (Wildman–Crippen LogP) is 2.71. The number of hydrogen-bond donors (Lipinski definition) is 1. The number of rotatable bonds is 6. The number of benzene rings is 2. The summed E-state index contributed by atoms with van der Waals surface area (Å²) in [7, 11) is -2.71. The van der Waals surface area contributed by atoms with Crippen molar-refractivity contribution in [2.45, 2.75) is 19.9 Å². The number of sulfonamides is 1. The largest absolute Gasteiger partial charge is 0.465 e. The van der Waals surface area contributed by atoms with E-state index >= 15 is 0 Å². The van der Waals surface area contributed by atoms with Crippen molar-refractivity contribution in [2.24, 2.45) is 0 Å². The lowest BCUT2D eigenvalue weighted by Gasteiger charge is -2.28. The van der Waals surface area contributed by atoms with Gasteiger partial charge in [0.05, 0.1) is 24.6 Å². The van der Waals surface area contributed by atoms with E-state index in [4.69, 9.17) is 4.74 Å². The zero-order valence-electron chi connectivity index (χ0n) is 15.9. The van der Waals surface area contributed by atoms with Gasteiger partial charge in [0.1, 0.15) is 11.9 Å². The number of para-hydroxylation sites is 1. The summed E-state index contributed by atoms with van der Waals surface area (Å²) in [5, 5.41) is 2.60. The highest BCUT2D eigenvalue weighted by atomic mass is 32.2. The first-order chi connectivity index (χ1) is 13.1. The average Bonchev–Trinajstić information content (AvgIpc) is 2.63. The van der Waals surface area contributed by atoms with E-state index in [2.05, 4.69) is 5.32 Å². The molecule has 150 valence electrons. The van der Waals surface area contributed by atoms with Gasteiger partial charge in [0, 0.05) is 5.69 Å². The third-order valence-corrected chi connectivity index (χ3v) is 5.40. The van der Waals surface area contributed by atoms with Crippen molar-refractivity contribution in [3.05, 3.63) is 59.4 Å². The van der Waals surface area contributed by atoms with E-state index in [0.717, 1.165) is 16.6 Å². The number of methoxy groups -OCH3 is 1. The van der Waals surface area contributed by atoms with E-state index in [9.17, 15) is 22.4 Å². The van der Waals surface area contributed by atoms with Gasteiger partial charge >= 0.3 is 5.97 Å². The van der Waals surface area contributed by atoms with Gasteiger partial charge in [-0.3, -0.25) is 9.10 Å². The van der Waals surface area contributed by atoms with Crippen LogP contribution < -0.4 is 9.62 Å². The van der Waals surface area contributed by atoms with Gasteiger partial charge in [0.25, 0.3) is 0 Å². The summed E-state index contributed by atoms with van der Waals surface area (Å²) < 4.78 is 44.1. The number of halogens is 1. The van der Waals surface area contributed by atoms with Gasteiger partial charge < -0.3 is 10.1 Å². The van der Waals surface area contributed by atoms with Crippen molar-refractivity contribution in [3.63, 3.8) is 0 Å². The average molecular weight is 408 g/mol. The minimum absolute atomic E-state index is 0.229. The van der Waals surface area contributed by atoms with Crippen LogP contribution in [-0.4, -0.2) is 39.7 Å². The van der Waals surface area contributed by atoms with Crippen LogP contribution in [-0.2, 0) is 19.6 Å². The van der Waals surface area contributed by atoms with Gasteiger partial charge in [0.15, 0.2) is 0 Å². The normalized spacial score (nSPS) is 12.2. The Morgan fingerprint density at radius 1 is 1.14 bits per heavy atom. The van der Waals surface area contributed by atoms with Gasteiger partial charge in [-0.2, -0.15) is 0 Å². The van der Waals surface area contributed by atoms with Crippen molar-refractivity contribution >= 4 is 33.3 Å². The highest BCUT2D eigenvalue weighted by Crippen LogP contribution is 2.25. The molecule has 2 aromatic rings. The zero-order valence-corrected chi connectivity index (χ0v) is 16.7. The molecule has 1 amide bonds. The topological polar surface area (TPSA) is 92.8 Å². The Hall–Kier alpha value is -2.94. The molecule has 1 N–H and O–H groups in total. The number of hydrogen-bond acceptors (Lipinski definition) is 5. The number of amides is 1. The van der Waals surface area contributed by atoms with E-state index in [-0.39, 0.29) is 11.3 Å². The summed E-state index contributed by atoms with van der Waals surface area (Å²) in [6.45, 7) is 2.97. The first kappa shape index (κ1) is 21.4. The molecule has 0 heterocycles. The number of esters is 1. The van der Waals surface area contributed by atoms with Crippen LogP contribution in [0.5, 0.6) is 0 Å². The number of nitrogens with zero attached hydrogens (tertiary/aromatic N) is 1. The van der Waals surface area contributed by atoms with Crippen LogP contribution in [0.3, 0.4) is 0 Å². The number of nitrogens with one attached hydrogen (secondary N) is 1. The molecule has 1 atom stereocenters. The van der Waals surface area contributed by atoms with Crippen LogP contribution in [0.1, 0.15) is 22.8 Å². The summed E-state index contributed by atoms with van der Waals surface area (Å²) >= 11 is 0. The lowest BCUT2D eigenvalue weighted by atomic mass is 10.1. The molecular formula is C19H21FN2O5S. The molecule has 0 aliphatic heterocycles. The van der Waals surface area contributed by atoms with Crippen molar-refractivity contribution < 1.29 is 27.1 Å². The smallest absolute Gasteiger partial charge is 0.338 e. The molecule has 0 bridgehead atoms. The quantitative estimate of drug-likeness (QED) is 0.742. The van der Waals surface area contributed by atoms with Crippen LogP contribution in [0.25, 0.3) is 0 Å². The fraction of sp³-hybridized carbons (Fsp3) is 0.263. The maximum atomic E-state index is 14.2. The van der Waals surface area contributed by atoms with Gasteiger partial charge in [-0.05, 0) is 43.7 Å². The molecule has 2 aromatic carbocycles. The molecule has 0 spiro atoms. The summed E-state index contributed by atoms with van der Waals surface area (Å²) in [4.78, 5) is 24.5. The molecule has 0 unspecified atom stereocenters. The molecule has 0 saturated heterocycles. The summed E-state index contributed by atoms with van der Waals surface area (Å²) in [6.07, 6.45) is 0.895. The van der Waals surface area contributed by atoms with Crippen LogP contribution in [0.15, 0.2) is 42.5 Å². The van der Waals surface area contributed by atoms with Crippen molar-refractivity contribution in [2.75, 3.05) is 23.0 Å².